The van der Waals surface area contributed by atoms with Gasteiger partial charge in [0.25, 0.3) is 0 Å². The van der Waals surface area contributed by atoms with Crippen molar-refractivity contribution in [2.75, 3.05) is 11.5 Å². The topological polar surface area (TPSA) is 66.5 Å². The zero-order chi connectivity index (χ0) is 14.9. The van der Waals surface area contributed by atoms with Crippen LogP contribution in [0.15, 0.2) is 30.3 Å². The Kier molecular flexibility index (Phi) is 3.89. The van der Waals surface area contributed by atoms with Gasteiger partial charge in [0, 0.05) is 18.6 Å². The first kappa shape index (κ1) is 14.4. The van der Waals surface area contributed by atoms with E-state index in [0.717, 1.165) is 18.4 Å². The zero-order valence-electron chi connectivity index (χ0n) is 11.9. The van der Waals surface area contributed by atoms with Crippen LogP contribution in [-0.4, -0.2) is 42.9 Å². The minimum absolute atomic E-state index is 0.113. The summed E-state index contributed by atoms with van der Waals surface area (Å²) in [7, 11) is -2.97. The zero-order valence-corrected chi connectivity index (χ0v) is 12.7. The Morgan fingerprint density at radius 3 is 2.43 bits per heavy atom. The van der Waals surface area contributed by atoms with Crippen LogP contribution in [0.5, 0.6) is 0 Å². The largest absolute Gasteiger partial charge is 0.334 e. The molecule has 0 spiro atoms. The smallest absolute Gasteiger partial charge is 0.318 e. The molecule has 6 heteroatoms. The number of nitrogens with one attached hydrogen (secondary N) is 1. The van der Waals surface area contributed by atoms with Crippen molar-refractivity contribution in [2.24, 2.45) is 0 Å². The first-order valence-corrected chi connectivity index (χ1v) is 9.18. The van der Waals surface area contributed by atoms with Gasteiger partial charge in [0.05, 0.1) is 11.5 Å². The second-order valence-corrected chi connectivity index (χ2v) is 8.07. The number of benzene rings is 1. The highest BCUT2D eigenvalue weighted by molar-refractivity contribution is 7.91. The fourth-order valence-corrected chi connectivity index (χ4v) is 4.55. The standard InChI is InChI=1S/C15H20N2O3S/c18-15(16-10-12-4-2-1-3-5-12)17(13-6-7-13)14-8-9-21(19,20)11-14/h1-5,13-14H,6-11H2,(H,16,18). The fraction of sp³-hybridized carbons (Fsp3) is 0.533. The van der Waals surface area contributed by atoms with Crippen molar-refractivity contribution in [1.29, 1.82) is 0 Å². The number of carbonyl (C=O) groups is 1. The van der Waals surface area contributed by atoms with Crippen LogP contribution in [0.2, 0.25) is 0 Å². The van der Waals surface area contributed by atoms with Gasteiger partial charge in [0.2, 0.25) is 0 Å². The second kappa shape index (κ2) is 5.67. The molecule has 0 aromatic heterocycles. The molecular formula is C15H20N2O3S. The van der Waals surface area contributed by atoms with E-state index >= 15 is 0 Å². The molecule has 1 aliphatic carbocycles. The fourth-order valence-electron chi connectivity index (χ4n) is 2.84. The highest BCUT2D eigenvalue weighted by atomic mass is 32.2. The average Bonchev–Trinajstić information content (AvgIpc) is 3.22. The first-order chi connectivity index (χ1) is 10.1. The van der Waals surface area contributed by atoms with E-state index in [9.17, 15) is 13.2 Å². The van der Waals surface area contributed by atoms with Gasteiger partial charge in [-0.2, -0.15) is 0 Å². The summed E-state index contributed by atoms with van der Waals surface area (Å²) in [4.78, 5) is 14.2. The monoisotopic (exact) mass is 308 g/mol. The van der Waals surface area contributed by atoms with Gasteiger partial charge >= 0.3 is 6.03 Å². The molecule has 2 fully saturated rings. The van der Waals surface area contributed by atoms with Crippen LogP contribution in [0.1, 0.15) is 24.8 Å². The molecule has 1 unspecified atom stereocenters. The summed E-state index contributed by atoms with van der Waals surface area (Å²) in [6.07, 6.45) is 2.53. The van der Waals surface area contributed by atoms with Crippen LogP contribution in [-0.2, 0) is 16.4 Å². The molecule has 1 N–H and O–H groups in total. The summed E-state index contributed by atoms with van der Waals surface area (Å²) >= 11 is 0. The van der Waals surface area contributed by atoms with Crippen molar-refractivity contribution in [1.82, 2.24) is 10.2 Å². The van der Waals surface area contributed by atoms with Crippen molar-refractivity contribution in [3.05, 3.63) is 35.9 Å². The Balaban J connectivity index is 1.63. The molecule has 1 saturated carbocycles. The Bertz CT molecular complexity index is 611. The molecule has 114 valence electrons. The lowest BCUT2D eigenvalue weighted by Gasteiger charge is -2.28. The van der Waals surface area contributed by atoms with Gasteiger partial charge in [-0.3, -0.25) is 0 Å². The summed E-state index contributed by atoms with van der Waals surface area (Å²) in [6, 6.07) is 9.66. The molecule has 21 heavy (non-hydrogen) atoms. The lowest BCUT2D eigenvalue weighted by Crippen LogP contribution is -2.47. The molecular weight excluding hydrogens is 288 g/mol. The highest BCUT2D eigenvalue weighted by Crippen LogP contribution is 2.32. The van der Waals surface area contributed by atoms with Crippen LogP contribution in [0.3, 0.4) is 0 Å². The number of amides is 2. The molecule has 5 nitrogen and oxygen atoms in total. The number of sulfone groups is 1. The SMILES string of the molecule is O=C(NCc1ccccc1)N(C1CC1)C1CCS(=O)(=O)C1. The molecule has 3 rings (SSSR count). The molecule has 1 atom stereocenters. The lowest BCUT2D eigenvalue weighted by atomic mass is 10.2. The summed E-state index contributed by atoms with van der Waals surface area (Å²) in [5.74, 6) is 0.315. The molecule has 0 radical (unpaired) electrons. The van der Waals surface area contributed by atoms with E-state index in [4.69, 9.17) is 0 Å². The molecule has 1 aromatic carbocycles. The highest BCUT2D eigenvalue weighted by Gasteiger charge is 2.42. The summed E-state index contributed by atoms with van der Waals surface area (Å²) in [6.45, 7) is 0.475. The van der Waals surface area contributed by atoms with Crippen molar-refractivity contribution in [3.63, 3.8) is 0 Å². The van der Waals surface area contributed by atoms with Crippen molar-refractivity contribution in [2.45, 2.75) is 37.9 Å². The predicted octanol–water partition coefficient (Wildman–Crippen LogP) is 1.55. The maximum absolute atomic E-state index is 12.4. The van der Waals surface area contributed by atoms with Crippen LogP contribution < -0.4 is 5.32 Å². The molecule has 1 aliphatic heterocycles. The van der Waals surface area contributed by atoms with E-state index in [1.807, 2.05) is 30.3 Å². The summed E-state index contributed by atoms with van der Waals surface area (Å²) in [5.41, 5.74) is 1.04. The number of hydrogen-bond donors (Lipinski definition) is 1. The molecule has 0 bridgehead atoms. The van der Waals surface area contributed by atoms with Crippen LogP contribution in [0.25, 0.3) is 0 Å². The molecule has 2 amide bonds. The lowest BCUT2D eigenvalue weighted by molar-refractivity contribution is 0.175. The maximum atomic E-state index is 12.4. The van der Waals surface area contributed by atoms with Crippen LogP contribution in [0.4, 0.5) is 4.79 Å². The number of rotatable bonds is 4. The minimum Gasteiger partial charge on any atom is -0.334 e. The third kappa shape index (κ3) is 3.56. The van der Waals surface area contributed by atoms with E-state index in [0.29, 0.717) is 13.0 Å². The van der Waals surface area contributed by atoms with Gasteiger partial charge in [-0.05, 0) is 24.8 Å². The van der Waals surface area contributed by atoms with Crippen molar-refractivity contribution < 1.29 is 13.2 Å². The Morgan fingerprint density at radius 1 is 1.14 bits per heavy atom. The third-order valence-electron chi connectivity index (χ3n) is 4.06. The predicted molar refractivity (Wildman–Crippen MR) is 80.6 cm³/mol. The Labute approximate surface area is 125 Å². The quantitative estimate of drug-likeness (QED) is 0.917. The van der Waals surface area contributed by atoms with Crippen LogP contribution >= 0.6 is 0 Å². The van der Waals surface area contributed by atoms with Crippen molar-refractivity contribution in [3.8, 4) is 0 Å². The summed E-state index contributed by atoms with van der Waals surface area (Å²) in [5, 5.41) is 2.92. The van der Waals surface area contributed by atoms with E-state index in [1.54, 1.807) is 4.90 Å². The van der Waals surface area contributed by atoms with Crippen LogP contribution in [0, 0.1) is 0 Å². The molecule has 1 aromatic rings. The van der Waals surface area contributed by atoms with Gasteiger partial charge in [-0.15, -0.1) is 0 Å². The Morgan fingerprint density at radius 2 is 1.86 bits per heavy atom. The van der Waals surface area contributed by atoms with Gasteiger partial charge < -0.3 is 10.2 Å². The van der Waals surface area contributed by atoms with Gasteiger partial charge in [0.1, 0.15) is 0 Å². The van der Waals surface area contributed by atoms with E-state index in [2.05, 4.69) is 5.32 Å². The van der Waals surface area contributed by atoms with E-state index in [1.165, 1.54) is 0 Å². The maximum Gasteiger partial charge on any atom is 0.318 e. The normalized spacial score (nSPS) is 23.7. The summed E-state index contributed by atoms with van der Waals surface area (Å²) < 4.78 is 23.3. The number of nitrogens with zero attached hydrogens (tertiary/aromatic N) is 1. The van der Waals surface area contributed by atoms with E-state index < -0.39 is 9.84 Å². The van der Waals surface area contributed by atoms with Gasteiger partial charge in [0.15, 0.2) is 9.84 Å². The molecule has 1 heterocycles. The minimum atomic E-state index is -2.97. The third-order valence-corrected chi connectivity index (χ3v) is 5.81. The first-order valence-electron chi connectivity index (χ1n) is 7.36. The number of hydrogen-bond acceptors (Lipinski definition) is 3. The second-order valence-electron chi connectivity index (χ2n) is 5.84. The number of carbonyl (C=O) groups excluding carboxylic acids is 1. The average molecular weight is 308 g/mol. The van der Waals surface area contributed by atoms with Gasteiger partial charge in [-0.1, -0.05) is 30.3 Å². The molecule has 2 aliphatic rings. The number of urea groups is 1. The van der Waals surface area contributed by atoms with E-state index in [-0.39, 0.29) is 29.6 Å². The van der Waals surface area contributed by atoms with Gasteiger partial charge in [-0.25, -0.2) is 13.2 Å². The Hall–Kier alpha value is -1.56. The van der Waals surface area contributed by atoms with Crippen molar-refractivity contribution >= 4 is 15.9 Å². The molecule has 1 saturated heterocycles.